The van der Waals surface area contributed by atoms with Crippen LogP contribution in [0.4, 0.5) is 5.82 Å². The first-order chi connectivity index (χ1) is 6.52. The van der Waals surface area contributed by atoms with Crippen LogP contribution in [0, 0.1) is 0 Å². The summed E-state index contributed by atoms with van der Waals surface area (Å²) in [5.41, 5.74) is -0.166. The Bertz CT molecular complexity index is 446. The van der Waals surface area contributed by atoms with E-state index < -0.39 is 17.9 Å². The summed E-state index contributed by atoms with van der Waals surface area (Å²) in [4.78, 5) is 26.3. The van der Waals surface area contributed by atoms with E-state index >= 15 is 0 Å². The third-order valence-corrected chi connectivity index (χ3v) is 2.27. The molecule has 0 aromatic carbocycles. The average molecular weight is 198 g/mol. The highest BCUT2D eigenvalue weighted by Crippen LogP contribution is 2.19. The molecule has 2 rings (SSSR count). The topological polar surface area (TPSA) is 90.4 Å². The van der Waals surface area contributed by atoms with Gasteiger partial charge in [-0.1, -0.05) is 0 Å². The number of H-pyrrole nitrogens is 1. The molecule has 1 aliphatic heterocycles. The van der Waals surface area contributed by atoms with Crippen molar-refractivity contribution < 1.29 is 9.90 Å². The smallest absolute Gasteiger partial charge is 0.327 e. The molecule has 0 radical (unpaired) electrons. The molecular weight excluding hydrogens is 188 g/mol. The lowest BCUT2D eigenvalue weighted by atomic mass is 10.3. The molecule has 1 atom stereocenters. The fraction of sp³-hybridized carbons (Fsp3) is 0.429. The second kappa shape index (κ2) is 2.61. The lowest BCUT2D eigenvalue weighted by Gasteiger charge is -2.29. The number of imidazole rings is 1. The van der Waals surface area contributed by atoms with Crippen molar-refractivity contribution in [2.24, 2.45) is 7.05 Å². The minimum Gasteiger partial charge on any atom is -0.356 e. The molecule has 76 valence electrons. The van der Waals surface area contributed by atoms with E-state index in [0.29, 0.717) is 0 Å². The fourth-order valence-corrected chi connectivity index (χ4v) is 1.38. The Morgan fingerprint density at radius 3 is 2.64 bits per heavy atom. The average Bonchev–Trinajstić information content (AvgIpc) is 2.39. The Morgan fingerprint density at radius 2 is 2.00 bits per heavy atom. The monoisotopic (exact) mass is 198 g/mol. The second-order valence-corrected chi connectivity index (χ2v) is 3.15. The number of hydrogen-bond donors (Lipinski definition) is 3. The normalized spacial score (nSPS) is 20.6. The van der Waals surface area contributed by atoms with E-state index in [-0.39, 0.29) is 11.5 Å². The maximum atomic E-state index is 11.6. The molecule has 1 aromatic heterocycles. The van der Waals surface area contributed by atoms with Crippen molar-refractivity contribution in [1.29, 1.82) is 0 Å². The SMILES string of the molecule is CN1C(=O)c2c([nH]c(=O)n2C)NC1O. The van der Waals surface area contributed by atoms with Crippen molar-refractivity contribution in [3.8, 4) is 0 Å². The third-order valence-electron chi connectivity index (χ3n) is 2.27. The molecule has 7 heteroatoms. The van der Waals surface area contributed by atoms with Gasteiger partial charge in [-0.3, -0.25) is 19.2 Å². The van der Waals surface area contributed by atoms with Crippen LogP contribution in [0.3, 0.4) is 0 Å². The van der Waals surface area contributed by atoms with E-state index in [9.17, 15) is 14.7 Å². The number of fused-ring (bicyclic) bond motifs is 1. The largest absolute Gasteiger partial charge is 0.356 e. The van der Waals surface area contributed by atoms with E-state index in [0.717, 1.165) is 4.90 Å². The summed E-state index contributed by atoms with van der Waals surface area (Å²) < 4.78 is 1.20. The number of aromatic amines is 1. The summed E-state index contributed by atoms with van der Waals surface area (Å²) in [5.74, 6) is -0.139. The minimum absolute atomic E-state index is 0.225. The summed E-state index contributed by atoms with van der Waals surface area (Å²) in [7, 11) is 2.93. The molecule has 1 aliphatic rings. The quantitative estimate of drug-likeness (QED) is 0.472. The van der Waals surface area contributed by atoms with Gasteiger partial charge in [0.2, 0.25) is 6.35 Å². The third kappa shape index (κ3) is 0.956. The fourth-order valence-electron chi connectivity index (χ4n) is 1.38. The molecule has 0 spiro atoms. The number of rotatable bonds is 0. The molecule has 1 amide bonds. The first-order valence-electron chi connectivity index (χ1n) is 4.03. The predicted molar refractivity (Wildman–Crippen MR) is 47.8 cm³/mol. The van der Waals surface area contributed by atoms with Crippen LogP contribution in [0.5, 0.6) is 0 Å². The molecule has 7 nitrogen and oxygen atoms in total. The van der Waals surface area contributed by atoms with Crippen LogP contribution in [-0.2, 0) is 7.05 Å². The van der Waals surface area contributed by atoms with Crippen molar-refractivity contribution in [2.45, 2.75) is 6.35 Å². The van der Waals surface area contributed by atoms with Gasteiger partial charge in [-0.2, -0.15) is 0 Å². The first kappa shape index (κ1) is 8.82. The number of aliphatic hydroxyl groups is 1. The van der Waals surface area contributed by atoms with Crippen LogP contribution >= 0.6 is 0 Å². The lowest BCUT2D eigenvalue weighted by Crippen LogP contribution is -2.46. The number of amides is 1. The first-order valence-corrected chi connectivity index (χ1v) is 4.03. The highest BCUT2D eigenvalue weighted by atomic mass is 16.3. The molecule has 0 fully saturated rings. The maximum Gasteiger partial charge on any atom is 0.327 e. The Balaban J connectivity index is 2.63. The van der Waals surface area contributed by atoms with Crippen molar-refractivity contribution >= 4 is 11.7 Å². The van der Waals surface area contributed by atoms with Gasteiger partial charge in [0, 0.05) is 14.1 Å². The number of nitrogens with one attached hydrogen (secondary N) is 2. The lowest BCUT2D eigenvalue weighted by molar-refractivity contribution is 0.0291. The molecule has 0 aliphatic carbocycles. The maximum absolute atomic E-state index is 11.6. The molecule has 1 aromatic rings. The van der Waals surface area contributed by atoms with Crippen LogP contribution in [0.25, 0.3) is 0 Å². The van der Waals surface area contributed by atoms with Gasteiger partial charge in [-0.25, -0.2) is 4.79 Å². The van der Waals surface area contributed by atoms with E-state index in [4.69, 9.17) is 0 Å². The van der Waals surface area contributed by atoms with Gasteiger partial charge in [-0.15, -0.1) is 0 Å². The Labute approximate surface area is 79.0 Å². The predicted octanol–water partition coefficient (Wildman–Crippen LogP) is -1.51. The zero-order valence-corrected chi connectivity index (χ0v) is 7.74. The van der Waals surface area contributed by atoms with Crippen molar-refractivity contribution in [3.05, 3.63) is 16.2 Å². The zero-order valence-electron chi connectivity index (χ0n) is 7.74. The van der Waals surface area contributed by atoms with Crippen LogP contribution < -0.4 is 11.0 Å². The van der Waals surface area contributed by atoms with E-state index in [1.54, 1.807) is 0 Å². The molecule has 0 bridgehead atoms. The van der Waals surface area contributed by atoms with Gasteiger partial charge in [0.25, 0.3) is 5.91 Å². The number of hydrogen-bond acceptors (Lipinski definition) is 4. The number of aliphatic hydroxyl groups excluding tert-OH is 1. The van der Waals surface area contributed by atoms with Gasteiger partial charge in [-0.05, 0) is 0 Å². The molecule has 1 unspecified atom stereocenters. The highest BCUT2D eigenvalue weighted by molar-refractivity contribution is 5.98. The van der Waals surface area contributed by atoms with Gasteiger partial charge in [0.15, 0.2) is 5.69 Å². The number of carbonyl (C=O) groups excluding carboxylic acids is 1. The van der Waals surface area contributed by atoms with Gasteiger partial charge in [0.05, 0.1) is 0 Å². The molecule has 0 saturated carbocycles. The number of anilines is 1. The van der Waals surface area contributed by atoms with Crippen LogP contribution in [0.2, 0.25) is 0 Å². The van der Waals surface area contributed by atoms with E-state index in [1.165, 1.54) is 18.7 Å². The Morgan fingerprint density at radius 1 is 1.36 bits per heavy atom. The summed E-state index contributed by atoms with van der Waals surface area (Å²) in [5, 5.41) is 11.9. The van der Waals surface area contributed by atoms with Crippen molar-refractivity contribution in [1.82, 2.24) is 14.5 Å². The van der Waals surface area contributed by atoms with Gasteiger partial charge < -0.3 is 10.4 Å². The summed E-state index contributed by atoms with van der Waals surface area (Å²) in [6.07, 6.45) is -1.10. The molecule has 0 saturated heterocycles. The van der Waals surface area contributed by atoms with Crippen molar-refractivity contribution in [3.63, 3.8) is 0 Å². The molecule has 14 heavy (non-hydrogen) atoms. The minimum atomic E-state index is -1.10. The standard InChI is InChI=1S/C7H10N4O3/c1-10-3-4(8-6(10)13)9-7(14)11(2)5(3)12/h7,9,14H,1-2H3,(H,8,13). The Kier molecular flexibility index (Phi) is 1.65. The second-order valence-electron chi connectivity index (χ2n) is 3.15. The van der Waals surface area contributed by atoms with Crippen LogP contribution in [0.1, 0.15) is 10.5 Å². The van der Waals surface area contributed by atoms with E-state index in [1.807, 2.05) is 0 Å². The van der Waals surface area contributed by atoms with E-state index in [2.05, 4.69) is 10.3 Å². The summed E-state index contributed by atoms with van der Waals surface area (Å²) >= 11 is 0. The van der Waals surface area contributed by atoms with Gasteiger partial charge >= 0.3 is 5.69 Å². The number of carbonyl (C=O) groups is 1. The van der Waals surface area contributed by atoms with Gasteiger partial charge in [0.1, 0.15) is 5.82 Å². The molecule has 3 N–H and O–H groups in total. The Hall–Kier alpha value is -1.76. The zero-order chi connectivity index (χ0) is 10.5. The molecular formula is C7H10N4O3. The molecule has 2 heterocycles. The number of nitrogens with zero attached hydrogens (tertiary/aromatic N) is 2. The number of aromatic nitrogens is 2. The summed E-state index contributed by atoms with van der Waals surface area (Å²) in [6.45, 7) is 0. The summed E-state index contributed by atoms with van der Waals surface area (Å²) in [6, 6.07) is 0. The van der Waals surface area contributed by atoms with Crippen LogP contribution in [-0.4, -0.2) is 38.9 Å². The highest BCUT2D eigenvalue weighted by Gasteiger charge is 2.31. The van der Waals surface area contributed by atoms with Crippen LogP contribution in [0.15, 0.2) is 4.79 Å². The van der Waals surface area contributed by atoms with Crippen molar-refractivity contribution in [2.75, 3.05) is 12.4 Å².